The molecule has 0 spiro atoms. The minimum absolute atomic E-state index is 0.0267. The molecule has 1 saturated carbocycles. The summed E-state index contributed by atoms with van der Waals surface area (Å²) in [7, 11) is -0.377. The highest BCUT2D eigenvalue weighted by molar-refractivity contribution is 7.89. The number of para-hydroxylation sites is 1. The number of rotatable bonds is 7. The number of fused-ring (bicyclic) bond motifs is 2. The third-order valence-corrected chi connectivity index (χ3v) is 8.57. The zero-order valence-corrected chi connectivity index (χ0v) is 22.8. The second-order valence-corrected chi connectivity index (χ2v) is 11.8. The van der Waals surface area contributed by atoms with E-state index in [4.69, 9.17) is 0 Å². The molecule has 4 aromatic rings. The lowest BCUT2D eigenvalue weighted by molar-refractivity contribution is -0.425. The topological polar surface area (TPSA) is 133 Å². The Morgan fingerprint density at radius 2 is 1.66 bits per heavy atom. The Morgan fingerprint density at radius 3 is 2.32 bits per heavy atom. The van der Waals surface area contributed by atoms with Crippen LogP contribution in [0.3, 0.4) is 0 Å². The Balaban J connectivity index is 0.000000417. The number of aromatic amines is 1. The number of hydrogen-bond acceptors (Lipinski definition) is 5. The van der Waals surface area contributed by atoms with Crippen LogP contribution < -0.4 is 20.5 Å². The van der Waals surface area contributed by atoms with Gasteiger partial charge in [0.2, 0.25) is 10.0 Å². The Hall–Kier alpha value is -3.40. The highest BCUT2D eigenvalue weighted by Crippen LogP contribution is 2.30. The third-order valence-electron chi connectivity index (χ3n) is 7.04. The van der Waals surface area contributed by atoms with Crippen molar-refractivity contribution < 1.29 is 24.1 Å². The van der Waals surface area contributed by atoms with E-state index in [1.807, 2.05) is 55.4 Å². The lowest BCUT2D eigenvalue weighted by atomic mass is 9.97. The first-order valence-electron chi connectivity index (χ1n) is 13.0. The van der Waals surface area contributed by atoms with Crippen molar-refractivity contribution in [2.75, 3.05) is 19.0 Å². The molecule has 202 valence electrons. The molecule has 1 heterocycles. The number of benzene rings is 3. The van der Waals surface area contributed by atoms with E-state index >= 15 is 0 Å². The summed E-state index contributed by atoms with van der Waals surface area (Å²) in [5, 5.41) is 13.9. The van der Waals surface area contributed by atoms with Gasteiger partial charge in [0.25, 0.3) is 0 Å². The van der Waals surface area contributed by atoms with Gasteiger partial charge in [0.15, 0.2) is 0 Å². The van der Waals surface area contributed by atoms with Crippen molar-refractivity contribution in [3.63, 3.8) is 0 Å². The van der Waals surface area contributed by atoms with Gasteiger partial charge in [0.1, 0.15) is 0 Å². The maximum Gasteiger partial charge on any atom is 0.241 e. The molecule has 1 aromatic heterocycles. The van der Waals surface area contributed by atoms with E-state index in [-0.39, 0.29) is 11.3 Å². The van der Waals surface area contributed by atoms with Gasteiger partial charge in [0.05, 0.1) is 22.9 Å². The van der Waals surface area contributed by atoms with Gasteiger partial charge in [-0.15, -0.1) is 0 Å². The minimum Gasteiger partial charge on any atom is -0.548 e. The van der Waals surface area contributed by atoms with Crippen molar-refractivity contribution in [3.05, 3.63) is 72.4 Å². The molecule has 5 rings (SSSR count). The molecular weight excluding hydrogens is 500 g/mol. The van der Waals surface area contributed by atoms with Gasteiger partial charge >= 0.3 is 0 Å². The van der Waals surface area contributed by atoms with Crippen LogP contribution in [-0.4, -0.2) is 45.6 Å². The monoisotopic (exact) mass is 536 g/mol. The van der Waals surface area contributed by atoms with Crippen LogP contribution in [0.5, 0.6) is 0 Å². The Bertz CT molecular complexity index is 1510. The second kappa shape index (κ2) is 12.0. The van der Waals surface area contributed by atoms with E-state index in [0.717, 1.165) is 28.0 Å². The molecule has 0 saturated heterocycles. The molecule has 1 aliphatic carbocycles. The van der Waals surface area contributed by atoms with E-state index in [0.29, 0.717) is 10.9 Å². The average molecular weight is 537 g/mol. The summed E-state index contributed by atoms with van der Waals surface area (Å²) in [5.74, 6) is -1.48. The van der Waals surface area contributed by atoms with Crippen molar-refractivity contribution in [2.45, 2.75) is 55.5 Å². The lowest BCUT2D eigenvalue weighted by Crippen LogP contribution is -2.61. The summed E-state index contributed by atoms with van der Waals surface area (Å²) in [6.07, 6.45) is 8.70. The van der Waals surface area contributed by atoms with Crippen LogP contribution in [0, 0.1) is 0 Å². The summed E-state index contributed by atoms with van der Waals surface area (Å²) in [6.45, 7) is 0. The summed E-state index contributed by atoms with van der Waals surface area (Å²) in [6, 6.07) is 17.2. The SMILES string of the molecule is CN(C)c1cccc2c(S(=O)(=O)N[C@@H](Cc3c[nH]c4ccccc34)C(=O)[O-])cccc12.[NH3+]C1CCCCC1. The van der Waals surface area contributed by atoms with E-state index in [2.05, 4.69) is 15.4 Å². The van der Waals surface area contributed by atoms with Crippen LogP contribution in [0.2, 0.25) is 0 Å². The van der Waals surface area contributed by atoms with Crippen LogP contribution in [0.15, 0.2) is 71.8 Å². The molecule has 0 aliphatic heterocycles. The van der Waals surface area contributed by atoms with Gasteiger partial charge in [-0.3, -0.25) is 0 Å². The number of nitrogens with one attached hydrogen (secondary N) is 2. The van der Waals surface area contributed by atoms with Gasteiger partial charge in [-0.1, -0.05) is 48.9 Å². The Morgan fingerprint density at radius 1 is 1.00 bits per heavy atom. The number of carboxylic acids is 1. The summed E-state index contributed by atoms with van der Waals surface area (Å²) < 4.78 is 28.8. The number of quaternary nitrogens is 1. The Labute approximate surface area is 223 Å². The number of sulfonamides is 1. The largest absolute Gasteiger partial charge is 0.548 e. The predicted molar refractivity (Wildman–Crippen MR) is 149 cm³/mol. The number of carboxylic acid groups (broad SMARTS) is 1. The number of H-pyrrole nitrogens is 1. The Kier molecular flexibility index (Phi) is 8.71. The number of carbonyl (C=O) groups excluding carboxylic acids is 1. The highest BCUT2D eigenvalue weighted by atomic mass is 32.2. The van der Waals surface area contributed by atoms with E-state index in [1.165, 1.54) is 38.2 Å². The summed E-state index contributed by atoms with van der Waals surface area (Å²) in [5.41, 5.74) is 6.41. The molecule has 3 aromatic carbocycles. The quantitative estimate of drug-likeness (QED) is 0.334. The second-order valence-electron chi connectivity index (χ2n) is 10.1. The molecule has 1 fully saturated rings. The predicted octanol–water partition coefficient (Wildman–Crippen LogP) is 2.59. The number of aliphatic carboxylic acids is 1. The molecule has 0 unspecified atom stereocenters. The normalized spacial score (nSPS) is 15.1. The van der Waals surface area contributed by atoms with Crippen molar-refractivity contribution in [1.82, 2.24) is 9.71 Å². The smallest absolute Gasteiger partial charge is 0.241 e. The van der Waals surface area contributed by atoms with Crippen LogP contribution in [-0.2, 0) is 21.2 Å². The number of carbonyl (C=O) groups is 1. The van der Waals surface area contributed by atoms with E-state index in [9.17, 15) is 18.3 Å². The van der Waals surface area contributed by atoms with Gasteiger partial charge < -0.3 is 25.5 Å². The number of nitrogens with zero attached hydrogens (tertiary/aromatic N) is 1. The van der Waals surface area contributed by atoms with Gasteiger partial charge in [0, 0.05) is 47.7 Å². The van der Waals surface area contributed by atoms with Crippen LogP contribution >= 0.6 is 0 Å². The number of anilines is 1. The first kappa shape index (κ1) is 27.6. The van der Waals surface area contributed by atoms with Crippen molar-refractivity contribution in [3.8, 4) is 0 Å². The lowest BCUT2D eigenvalue weighted by Gasteiger charge is -2.21. The first-order chi connectivity index (χ1) is 18.2. The fraction of sp³-hybridized carbons (Fsp3) is 0.345. The van der Waals surface area contributed by atoms with Gasteiger partial charge in [-0.25, -0.2) is 13.1 Å². The molecule has 9 heteroatoms. The molecule has 5 N–H and O–H groups in total. The van der Waals surface area contributed by atoms with Crippen LogP contribution in [0.25, 0.3) is 21.7 Å². The number of hydrogen-bond donors (Lipinski definition) is 3. The van der Waals surface area contributed by atoms with Crippen LogP contribution in [0.4, 0.5) is 5.69 Å². The zero-order chi connectivity index (χ0) is 27.3. The molecule has 0 bridgehead atoms. The van der Waals surface area contributed by atoms with Crippen LogP contribution in [0.1, 0.15) is 37.7 Å². The van der Waals surface area contributed by atoms with Gasteiger partial charge in [-0.2, -0.15) is 0 Å². The minimum atomic E-state index is -4.13. The standard InChI is InChI=1S/C23H23N3O4S.C6H13N/c1-26(2)21-11-5-9-18-17(21)8-6-12-22(18)31(29,30)25-20(23(27)28)13-15-14-24-19-10-4-3-7-16(15)19;7-6-4-2-1-3-5-6/h3-12,14,20,24-25H,13H2,1-2H3,(H,27,28);6H,1-5,7H2/t20-;/m0./s1. The maximum absolute atomic E-state index is 13.2. The summed E-state index contributed by atoms with van der Waals surface area (Å²) >= 11 is 0. The van der Waals surface area contributed by atoms with Crippen molar-refractivity contribution in [1.29, 1.82) is 0 Å². The zero-order valence-electron chi connectivity index (χ0n) is 21.9. The third kappa shape index (κ3) is 6.35. The van der Waals surface area contributed by atoms with Crippen molar-refractivity contribution >= 4 is 43.4 Å². The molecule has 0 radical (unpaired) electrons. The fourth-order valence-electron chi connectivity index (χ4n) is 5.02. The van der Waals surface area contributed by atoms with Gasteiger partial charge in [-0.05, 0) is 55.9 Å². The van der Waals surface area contributed by atoms with Crippen molar-refractivity contribution in [2.24, 2.45) is 0 Å². The molecule has 1 aliphatic rings. The van der Waals surface area contributed by atoms with E-state index in [1.54, 1.807) is 24.4 Å². The van der Waals surface area contributed by atoms with E-state index < -0.39 is 22.0 Å². The summed E-state index contributed by atoms with van der Waals surface area (Å²) in [4.78, 5) is 16.8. The highest BCUT2D eigenvalue weighted by Gasteiger charge is 2.24. The molecule has 0 amide bonds. The first-order valence-corrected chi connectivity index (χ1v) is 14.5. The molecular formula is C29H36N4O4S. The molecule has 1 atom stereocenters. The maximum atomic E-state index is 13.2. The average Bonchev–Trinajstić information content (AvgIpc) is 3.31. The molecule has 38 heavy (non-hydrogen) atoms. The molecule has 8 nitrogen and oxygen atoms in total. The fourth-order valence-corrected chi connectivity index (χ4v) is 6.43. The number of aromatic nitrogens is 1.